The summed E-state index contributed by atoms with van der Waals surface area (Å²) in [6.07, 6.45) is 1.22. The molecule has 19 heavy (non-hydrogen) atoms. The number of carbonyl (C=O) groups excluding carboxylic acids is 1. The summed E-state index contributed by atoms with van der Waals surface area (Å²) in [5.41, 5.74) is 2.12. The minimum absolute atomic E-state index is 0.137. The van der Waals surface area contributed by atoms with Gasteiger partial charge < -0.3 is 0 Å². The summed E-state index contributed by atoms with van der Waals surface area (Å²) in [4.78, 5) is 11.5. The Morgan fingerprint density at radius 1 is 1.42 bits per heavy atom. The number of aromatic nitrogens is 3. The molecule has 0 atom stereocenters. The predicted molar refractivity (Wildman–Crippen MR) is 67.4 cm³/mol. The van der Waals surface area contributed by atoms with Crippen molar-refractivity contribution in [3.8, 4) is 0 Å². The van der Waals surface area contributed by atoms with Crippen LogP contribution < -0.4 is 5.43 Å². The van der Waals surface area contributed by atoms with Crippen molar-refractivity contribution in [3.05, 3.63) is 40.9 Å². The molecule has 10 heteroatoms. The molecule has 0 spiro atoms. The zero-order valence-corrected chi connectivity index (χ0v) is 10.9. The number of nitrogens with zero attached hydrogens (tertiary/aromatic N) is 2. The molecule has 0 aliphatic carbocycles. The van der Waals surface area contributed by atoms with Gasteiger partial charge in [0.2, 0.25) is 4.77 Å². The average molecular weight is 300 g/mol. The SMILES string of the molecule is O=C(Nn1cn[nH]c1=S)c1ccccc1S(=O)(=O)O. The van der Waals surface area contributed by atoms with Crippen LogP contribution in [0.1, 0.15) is 10.4 Å². The molecule has 0 aliphatic heterocycles. The molecule has 0 bridgehead atoms. The number of hydrogen-bond donors (Lipinski definition) is 3. The number of carbonyl (C=O) groups is 1. The summed E-state index contributed by atoms with van der Waals surface area (Å²) in [7, 11) is -4.49. The highest BCUT2D eigenvalue weighted by atomic mass is 32.2. The zero-order valence-electron chi connectivity index (χ0n) is 9.27. The van der Waals surface area contributed by atoms with E-state index >= 15 is 0 Å². The van der Waals surface area contributed by atoms with E-state index in [1.807, 2.05) is 0 Å². The van der Waals surface area contributed by atoms with Crippen LogP contribution in [-0.2, 0) is 10.1 Å². The quantitative estimate of drug-likeness (QED) is 0.563. The lowest BCUT2D eigenvalue weighted by atomic mass is 10.2. The first kappa shape index (κ1) is 13.4. The zero-order chi connectivity index (χ0) is 14.0. The summed E-state index contributed by atoms with van der Waals surface area (Å²) >= 11 is 4.82. The van der Waals surface area contributed by atoms with E-state index < -0.39 is 20.9 Å². The molecule has 2 rings (SSSR count). The lowest BCUT2D eigenvalue weighted by Crippen LogP contribution is -2.24. The minimum Gasteiger partial charge on any atom is -0.282 e. The van der Waals surface area contributed by atoms with Crippen LogP contribution in [0.4, 0.5) is 0 Å². The van der Waals surface area contributed by atoms with Crippen molar-refractivity contribution in [1.29, 1.82) is 0 Å². The van der Waals surface area contributed by atoms with Crippen molar-refractivity contribution in [2.75, 3.05) is 5.43 Å². The summed E-state index contributed by atoms with van der Waals surface area (Å²) in [6, 6.07) is 5.25. The molecular formula is C9H8N4O4S2. The highest BCUT2D eigenvalue weighted by Crippen LogP contribution is 2.15. The van der Waals surface area contributed by atoms with Crippen LogP contribution in [0.5, 0.6) is 0 Å². The fourth-order valence-electron chi connectivity index (χ4n) is 1.38. The number of hydrogen-bond acceptors (Lipinski definition) is 5. The first-order chi connectivity index (χ1) is 8.89. The maximum Gasteiger partial charge on any atom is 0.295 e. The normalized spacial score (nSPS) is 11.2. The molecule has 1 aromatic heterocycles. The summed E-state index contributed by atoms with van der Waals surface area (Å²) in [6.45, 7) is 0. The number of rotatable bonds is 3. The van der Waals surface area contributed by atoms with E-state index in [9.17, 15) is 13.2 Å². The molecule has 1 aromatic carbocycles. The Balaban J connectivity index is 2.41. The van der Waals surface area contributed by atoms with Gasteiger partial charge >= 0.3 is 0 Å². The molecule has 2 aromatic rings. The van der Waals surface area contributed by atoms with Gasteiger partial charge in [-0.3, -0.25) is 19.9 Å². The van der Waals surface area contributed by atoms with Gasteiger partial charge in [0.05, 0.1) is 5.56 Å². The van der Waals surface area contributed by atoms with E-state index in [0.29, 0.717) is 0 Å². The van der Waals surface area contributed by atoms with Crippen LogP contribution in [-0.4, -0.2) is 33.8 Å². The summed E-state index contributed by atoms with van der Waals surface area (Å²) in [5.74, 6) is -0.745. The van der Waals surface area contributed by atoms with Crippen molar-refractivity contribution in [3.63, 3.8) is 0 Å². The third-order valence-electron chi connectivity index (χ3n) is 2.18. The molecule has 100 valence electrons. The third-order valence-corrected chi connectivity index (χ3v) is 3.38. The van der Waals surface area contributed by atoms with Gasteiger partial charge in [-0.25, -0.2) is 4.68 Å². The van der Waals surface area contributed by atoms with E-state index in [-0.39, 0.29) is 10.3 Å². The second kappa shape index (κ2) is 4.91. The monoisotopic (exact) mass is 300 g/mol. The maximum atomic E-state index is 11.9. The summed E-state index contributed by atoms with van der Waals surface area (Å²) in [5, 5.41) is 6.01. The van der Waals surface area contributed by atoms with E-state index in [0.717, 1.165) is 10.7 Å². The Morgan fingerprint density at radius 2 is 2.11 bits per heavy atom. The van der Waals surface area contributed by atoms with Crippen LogP contribution >= 0.6 is 12.2 Å². The number of nitrogens with one attached hydrogen (secondary N) is 2. The Morgan fingerprint density at radius 3 is 2.68 bits per heavy atom. The minimum atomic E-state index is -4.49. The van der Waals surface area contributed by atoms with E-state index in [1.54, 1.807) is 0 Å². The van der Waals surface area contributed by atoms with Crippen LogP contribution in [0, 0.1) is 4.77 Å². The standard InChI is InChI=1S/C9H8N4O4S2/c14-8(12-13-5-10-11-9(13)18)6-3-1-2-4-7(6)19(15,16)17/h1-5H,(H,11,18)(H,12,14)(H,15,16,17). The number of amides is 1. The smallest absolute Gasteiger partial charge is 0.282 e. The molecule has 0 saturated heterocycles. The highest BCUT2D eigenvalue weighted by Gasteiger charge is 2.20. The van der Waals surface area contributed by atoms with Crippen LogP contribution in [0.15, 0.2) is 35.5 Å². The Bertz CT molecular complexity index is 777. The van der Waals surface area contributed by atoms with Crippen molar-refractivity contribution >= 4 is 28.2 Å². The first-order valence-corrected chi connectivity index (χ1v) is 6.74. The molecule has 8 nitrogen and oxygen atoms in total. The number of H-pyrrole nitrogens is 1. The van der Waals surface area contributed by atoms with Crippen LogP contribution in [0.25, 0.3) is 0 Å². The molecular weight excluding hydrogens is 292 g/mol. The topological polar surface area (TPSA) is 117 Å². The lowest BCUT2D eigenvalue weighted by Gasteiger charge is -2.07. The van der Waals surface area contributed by atoms with Crippen LogP contribution in [0.3, 0.4) is 0 Å². The van der Waals surface area contributed by atoms with Gasteiger partial charge in [-0.2, -0.15) is 13.5 Å². The molecule has 0 radical (unpaired) electrons. The van der Waals surface area contributed by atoms with Crippen molar-refractivity contribution in [2.45, 2.75) is 4.90 Å². The van der Waals surface area contributed by atoms with Gasteiger partial charge in [0.15, 0.2) is 0 Å². The van der Waals surface area contributed by atoms with Gasteiger partial charge in [-0.1, -0.05) is 12.1 Å². The second-order valence-corrected chi connectivity index (χ2v) is 5.22. The van der Waals surface area contributed by atoms with Crippen molar-refractivity contribution < 1.29 is 17.8 Å². The largest absolute Gasteiger partial charge is 0.295 e. The molecule has 0 aliphatic rings. The van der Waals surface area contributed by atoms with Crippen molar-refractivity contribution in [2.24, 2.45) is 0 Å². The Hall–Kier alpha value is -2.04. The van der Waals surface area contributed by atoms with Crippen molar-refractivity contribution in [1.82, 2.24) is 14.9 Å². The first-order valence-electron chi connectivity index (χ1n) is 4.89. The molecule has 3 N–H and O–H groups in total. The second-order valence-electron chi connectivity index (χ2n) is 3.44. The molecule has 1 amide bonds. The van der Waals surface area contributed by atoms with Gasteiger partial charge in [0.1, 0.15) is 11.2 Å². The van der Waals surface area contributed by atoms with Gasteiger partial charge in [-0.15, -0.1) is 0 Å². The molecule has 1 heterocycles. The van der Waals surface area contributed by atoms with E-state index in [4.69, 9.17) is 16.8 Å². The molecule has 0 unspecified atom stereocenters. The van der Waals surface area contributed by atoms with E-state index in [1.165, 1.54) is 24.5 Å². The fraction of sp³-hybridized carbons (Fsp3) is 0. The predicted octanol–water partition coefficient (Wildman–Crippen LogP) is 0.571. The third kappa shape index (κ3) is 2.86. The average Bonchev–Trinajstić information content (AvgIpc) is 2.74. The van der Waals surface area contributed by atoms with Crippen LogP contribution in [0.2, 0.25) is 0 Å². The van der Waals surface area contributed by atoms with Gasteiger partial charge in [-0.05, 0) is 24.4 Å². The Labute approximate surface area is 112 Å². The fourth-order valence-corrected chi connectivity index (χ4v) is 2.21. The lowest BCUT2D eigenvalue weighted by molar-refractivity contribution is 0.100. The molecule has 0 fully saturated rings. The van der Waals surface area contributed by atoms with E-state index in [2.05, 4.69) is 15.6 Å². The number of benzene rings is 1. The molecule has 0 saturated carbocycles. The Kier molecular flexibility index (Phi) is 3.46. The van der Waals surface area contributed by atoms with Gasteiger partial charge in [0.25, 0.3) is 16.0 Å². The highest BCUT2D eigenvalue weighted by molar-refractivity contribution is 7.86. The summed E-state index contributed by atoms with van der Waals surface area (Å²) < 4.78 is 32.6. The number of aromatic amines is 1. The van der Waals surface area contributed by atoms with Gasteiger partial charge in [0, 0.05) is 0 Å². The maximum absolute atomic E-state index is 11.9.